The van der Waals surface area contributed by atoms with Gasteiger partial charge in [0.15, 0.2) is 5.96 Å². The standard InChI is InChI=1S/C16H31N3O2/c1-3-17-16(19-14-10-6-4-7-11-14)18-13-9-5-8-12-15(20)21-2/h14H,3-13H2,1-2H3,(H2,17,18,19). The SMILES string of the molecule is CCNC(=NCCCCCC(=O)OC)NC1CCCCC1. The molecule has 0 radical (unpaired) electrons. The maximum atomic E-state index is 11.0. The largest absolute Gasteiger partial charge is 0.469 e. The molecular weight excluding hydrogens is 266 g/mol. The predicted octanol–water partition coefficient (Wildman–Crippen LogP) is 2.61. The number of aliphatic imine (C=N–C) groups is 1. The fraction of sp³-hybridized carbons (Fsp3) is 0.875. The lowest BCUT2D eigenvalue weighted by Gasteiger charge is -2.24. The minimum atomic E-state index is -0.120. The zero-order valence-corrected chi connectivity index (χ0v) is 13.6. The zero-order valence-electron chi connectivity index (χ0n) is 13.6. The van der Waals surface area contributed by atoms with E-state index in [1.54, 1.807) is 0 Å². The molecular formula is C16H31N3O2. The number of hydrogen-bond donors (Lipinski definition) is 2. The summed E-state index contributed by atoms with van der Waals surface area (Å²) in [6, 6.07) is 0.580. The Hall–Kier alpha value is -1.26. The molecule has 5 heteroatoms. The molecule has 0 aliphatic heterocycles. The maximum Gasteiger partial charge on any atom is 0.305 e. The zero-order chi connectivity index (χ0) is 15.3. The summed E-state index contributed by atoms with van der Waals surface area (Å²) in [7, 11) is 1.44. The van der Waals surface area contributed by atoms with Gasteiger partial charge in [0.1, 0.15) is 0 Å². The van der Waals surface area contributed by atoms with Gasteiger partial charge in [0.05, 0.1) is 7.11 Å². The first kappa shape index (κ1) is 17.8. The lowest BCUT2D eigenvalue weighted by atomic mass is 9.96. The molecule has 0 spiro atoms. The third-order valence-electron chi connectivity index (χ3n) is 3.83. The van der Waals surface area contributed by atoms with Crippen LogP contribution in [-0.4, -0.2) is 38.2 Å². The molecule has 0 amide bonds. The summed E-state index contributed by atoms with van der Waals surface area (Å²) in [5, 5.41) is 6.85. The third-order valence-corrected chi connectivity index (χ3v) is 3.83. The van der Waals surface area contributed by atoms with Crippen molar-refractivity contribution in [2.24, 2.45) is 4.99 Å². The highest BCUT2D eigenvalue weighted by Gasteiger charge is 2.14. The van der Waals surface area contributed by atoms with Crippen LogP contribution in [0.2, 0.25) is 0 Å². The first-order valence-corrected chi connectivity index (χ1v) is 8.38. The van der Waals surface area contributed by atoms with E-state index in [1.165, 1.54) is 39.2 Å². The molecule has 5 nitrogen and oxygen atoms in total. The van der Waals surface area contributed by atoms with Gasteiger partial charge in [0.2, 0.25) is 0 Å². The molecule has 1 aliphatic rings. The number of carbonyl (C=O) groups excluding carboxylic acids is 1. The average molecular weight is 297 g/mol. The highest BCUT2D eigenvalue weighted by Crippen LogP contribution is 2.17. The van der Waals surface area contributed by atoms with Crippen LogP contribution in [0.1, 0.15) is 64.7 Å². The molecule has 0 bridgehead atoms. The number of ether oxygens (including phenoxy) is 1. The lowest BCUT2D eigenvalue weighted by molar-refractivity contribution is -0.140. The molecule has 1 saturated carbocycles. The van der Waals surface area contributed by atoms with Crippen LogP contribution in [0.5, 0.6) is 0 Å². The highest BCUT2D eigenvalue weighted by atomic mass is 16.5. The monoisotopic (exact) mass is 297 g/mol. The Morgan fingerprint density at radius 1 is 1.19 bits per heavy atom. The van der Waals surface area contributed by atoms with Crippen LogP contribution in [0.25, 0.3) is 0 Å². The molecule has 2 N–H and O–H groups in total. The Morgan fingerprint density at radius 3 is 2.62 bits per heavy atom. The van der Waals surface area contributed by atoms with Crippen LogP contribution < -0.4 is 10.6 Å². The molecule has 0 heterocycles. The summed E-state index contributed by atoms with van der Waals surface area (Å²) in [6.45, 7) is 3.79. The van der Waals surface area contributed by atoms with Gasteiger partial charge >= 0.3 is 5.97 Å². The van der Waals surface area contributed by atoms with E-state index in [0.717, 1.165) is 38.3 Å². The van der Waals surface area contributed by atoms with E-state index in [0.29, 0.717) is 12.5 Å². The maximum absolute atomic E-state index is 11.0. The number of unbranched alkanes of at least 4 members (excludes halogenated alkanes) is 2. The second-order valence-corrected chi connectivity index (χ2v) is 5.63. The Balaban J connectivity index is 2.19. The molecule has 1 fully saturated rings. The van der Waals surface area contributed by atoms with Crippen LogP contribution in [0.3, 0.4) is 0 Å². The van der Waals surface area contributed by atoms with Crippen molar-refractivity contribution in [3.05, 3.63) is 0 Å². The van der Waals surface area contributed by atoms with Gasteiger partial charge in [-0.3, -0.25) is 9.79 Å². The van der Waals surface area contributed by atoms with Gasteiger partial charge in [-0.25, -0.2) is 0 Å². The number of hydrogen-bond acceptors (Lipinski definition) is 3. The number of carbonyl (C=O) groups is 1. The normalized spacial score (nSPS) is 16.6. The van der Waals surface area contributed by atoms with E-state index in [1.807, 2.05) is 0 Å². The Morgan fingerprint density at radius 2 is 1.95 bits per heavy atom. The van der Waals surface area contributed by atoms with E-state index in [-0.39, 0.29) is 5.97 Å². The Kier molecular flexibility index (Phi) is 9.66. The number of nitrogens with zero attached hydrogens (tertiary/aromatic N) is 1. The van der Waals surface area contributed by atoms with E-state index in [2.05, 4.69) is 27.3 Å². The first-order valence-electron chi connectivity index (χ1n) is 8.38. The van der Waals surface area contributed by atoms with Crippen molar-refractivity contribution in [3.8, 4) is 0 Å². The van der Waals surface area contributed by atoms with E-state index >= 15 is 0 Å². The summed E-state index contributed by atoms with van der Waals surface area (Å²) in [6.07, 6.45) is 9.95. The van der Waals surface area contributed by atoms with Gasteiger partial charge in [-0.15, -0.1) is 0 Å². The van der Waals surface area contributed by atoms with Crippen LogP contribution >= 0.6 is 0 Å². The molecule has 21 heavy (non-hydrogen) atoms. The van der Waals surface area contributed by atoms with Crippen molar-refractivity contribution in [1.82, 2.24) is 10.6 Å². The summed E-state index contributed by atoms with van der Waals surface area (Å²) in [5.41, 5.74) is 0. The molecule has 122 valence electrons. The Bertz CT molecular complexity index is 313. The van der Waals surface area contributed by atoms with Crippen molar-refractivity contribution in [2.75, 3.05) is 20.2 Å². The number of methoxy groups -OCH3 is 1. The van der Waals surface area contributed by atoms with Crippen molar-refractivity contribution >= 4 is 11.9 Å². The molecule has 1 aliphatic carbocycles. The second kappa shape index (κ2) is 11.4. The number of rotatable bonds is 8. The van der Waals surface area contributed by atoms with Crippen molar-refractivity contribution in [2.45, 2.75) is 70.8 Å². The minimum absolute atomic E-state index is 0.120. The second-order valence-electron chi connectivity index (χ2n) is 5.63. The summed E-state index contributed by atoms with van der Waals surface area (Å²) < 4.78 is 4.62. The van der Waals surface area contributed by atoms with Crippen molar-refractivity contribution in [3.63, 3.8) is 0 Å². The van der Waals surface area contributed by atoms with Crippen LogP contribution in [0.4, 0.5) is 0 Å². The smallest absolute Gasteiger partial charge is 0.305 e. The van der Waals surface area contributed by atoms with Gasteiger partial charge in [0.25, 0.3) is 0 Å². The van der Waals surface area contributed by atoms with Crippen LogP contribution in [0.15, 0.2) is 4.99 Å². The fourth-order valence-corrected chi connectivity index (χ4v) is 2.61. The summed E-state index contributed by atoms with van der Waals surface area (Å²) in [5.74, 6) is 0.822. The van der Waals surface area contributed by atoms with Gasteiger partial charge < -0.3 is 15.4 Å². The average Bonchev–Trinajstić information content (AvgIpc) is 2.51. The van der Waals surface area contributed by atoms with Gasteiger partial charge in [-0.2, -0.15) is 0 Å². The van der Waals surface area contributed by atoms with Gasteiger partial charge in [0, 0.05) is 25.6 Å². The molecule has 0 aromatic carbocycles. The Labute approximate surface area is 128 Å². The summed E-state index contributed by atoms with van der Waals surface area (Å²) >= 11 is 0. The summed E-state index contributed by atoms with van der Waals surface area (Å²) in [4.78, 5) is 15.6. The van der Waals surface area contributed by atoms with Gasteiger partial charge in [-0.05, 0) is 32.6 Å². The van der Waals surface area contributed by atoms with Crippen molar-refractivity contribution < 1.29 is 9.53 Å². The molecule has 0 saturated heterocycles. The number of esters is 1. The van der Waals surface area contributed by atoms with Crippen LogP contribution in [-0.2, 0) is 9.53 Å². The van der Waals surface area contributed by atoms with E-state index in [9.17, 15) is 4.79 Å². The topological polar surface area (TPSA) is 62.7 Å². The number of nitrogens with one attached hydrogen (secondary N) is 2. The van der Waals surface area contributed by atoms with Gasteiger partial charge in [-0.1, -0.05) is 25.7 Å². The highest BCUT2D eigenvalue weighted by molar-refractivity contribution is 5.80. The van der Waals surface area contributed by atoms with E-state index < -0.39 is 0 Å². The number of guanidine groups is 1. The molecule has 0 atom stereocenters. The molecule has 0 aromatic heterocycles. The van der Waals surface area contributed by atoms with E-state index in [4.69, 9.17) is 0 Å². The molecule has 0 unspecified atom stereocenters. The quantitative estimate of drug-likeness (QED) is 0.313. The fourth-order valence-electron chi connectivity index (χ4n) is 2.61. The van der Waals surface area contributed by atoms with Crippen molar-refractivity contribution in [1.29, 1.82) is 0 Å². The molecule has 1 rings (SSSR count). The lowest BCUT2D eigenvalue weighted by Crippen LogP contribution is -2.44. The molecule has 0 aromatic rings. The first-order chi connectivity index (χ1) is 10.3. The van der Waals surface area contributed by atoms with Crippen LogP contribution in [0, 0.1) is 0 Å². The predicted molar refractivity (Wildman–Crippen MR) is 86.5 cm³/mol. The third kappa shape index (κ3) is 8.58. The minimum Gasteiger partial charge on any atom is -0.469 e.